The molecule has 116 valence electrons. The minimum atomic E-state index is -0.0891. The molecule has 1 aliphatic carbocycles. The van der Waals surface area contributed by atoms with E-state index in [1.54, 1.807) is 0 Å². The smallest absolute Gasteiger partial charge is 0.0564 e. The molecule has 0 bridgehead atoms. The summed E-state index contributed by atoms with van der Waals surface area (Å²) in [5.74, 6) is 0. The molecule has 0 amide bonds. The van der Waals surface area contributed by atoms with Crippen LogP contribution in [0, 0.1) is 0 Å². The van der Waals surface area contributed by atoms with Gasteiger partial charge < -0.3 is 15.3 Å². The molecule has 1 aliphatic heterocycles. The van der Waals surface area contributed by atoms with Crippen molar-refractivity contribution in [1.29, 1.82) is 0 Å². The number of likely N-dealkylation sites (tertiary alicyclic amines) is 1. The van der Waals surface area contributed by atoms with Crippen LogP contribution in [0.4, 0.5) is 0 Å². The van der Waals surface area contributed by atoms with Crippen molar-refractivity contribution in [3.05, 3.63) is 35.9 Å². The van der Waals surface area contributed by atoms with Gasteiger partial charge >= 0.3 is 0 Å². The second kappa shape index (κ2) is 6.47. The zero-order valence-corrected chi connectivity index (χ0v) is 13.1. The van der Waals surface area contributed by atoms with Gasteiger partial charge in [-0.1, -0.05) is 37.3 Å². The third kappa shape index (κ3) is 4.06. The summed E-state index contributed by atoms with van der Waals surface area (Å²) in [6, 6.07) is 11.6. The highest BCUT2D eigenvalue weighted by Crippen LogP contribution is 2.28. The molecule has 1 heterocycles. The van der Waals surface area contributed by atoms with Crippen LogP contribution in [-0.2, 0) is 5.41 Å². The summed E-state index contributed by atoms with van der Waals surface area (Å²) in [5.41, 5.74) is 1.57. The molecule has 1 saturated heterocycles. The quantitative estimate of drug-likeness (QED) is 0.842. The summed E-state index contributed by atoms with van der Waals surface area (Å²) in [6.45, 7) is 6.53. The monoisotopic (exact) mass is 288 g/mol. The van der Waals surface area contributed by atoms with Crippen LogP contribution in [0.3, 0.4) is 0 Å². The number of benzene rings is 1. The highest BCUT2D eigenvalue weighted by Gasteiger charge is 2.32. The molecule has 2 aliphatic rings. The van der Waals surface area contributed by atoms with E-state index in [2.05, 4.69) is 47.5 Å². The summed E-state index contributed by atoms with van der Waals surface area (Å²) in [6.07, 6.45) is 4.41. The molecule has 2 fully saturated rings. The Bertz CT molecular complexity index is 438. The standard InChI is InChI=1S/C18H28N2O/c1-18(13-19-16-7-8-16,15-5-3-2-4-6-15)14-20-11-9-17(21)10-12-20/h2-6,16-17,19,21H,7-14H2,1H3. The van der Waals surface area contributed by atoms with E-state index in [1.165, 1.54) is 18.4 Å². The van der Waals surface area contributed by atoms with Crippen LogP contribution >= 0.6 is 0 Å². The van der Waals surface area contributed by atoms with E-state index in [1.807, 2.05) is 0 Å². The summed E-state index contributed by atoms with van der Waals surface area (Å²) < 4.78 is 0. The number of piperidine rings is 1. The lowest BCUT2D eigenvalue weighted by atomic mass is 9.81. The van der Waals surface area contributed by atoms with Crippen molar-refractivity contribution in [1.82, 2.24) is 10.2 Å². The lowest BCUT2D eigenvalue weighted by molar-refractivity contribution is 0.0715. The van der Waals surface area contributed by atoms with Gasteiger partial charge in [0, 0.05) is 37.6 Å². The fourth-order valence-electron chi connectivity index (χ4n) is 3.32. The first kappa shape index (κ1) is 15.0. The summed E-state index contributed by atoms with van der Waals surface area (Å²) in [4.78, 5) is 2.52. The van der Waals surface area contributed by atoms with Crippen LogP contribution in [0.15, 0.2) is 30.3 Å². The molecule has 3 heteroatoms. The topological polar surface area (TPSA) is 35.5 Å². The van der Waals surface area contributed by atoms with Gasteiger partial charge in [-0.3, -0.25) is 0 Å². The van der Waals surface area contributed by atoms with Crippen molar-refractivity contribution in [3.63, 3.8) is 0 Å². The maximum absolute atomic E-state index is 9.69. The van der Waals surface area contributed by atoms with Crippen molar-refractivity contribution in [2.75, 3.05) is 26.2 Å². The third-order valence-corrected chi connectivity index (χ3v) is 4.96. The average Bonchev–Trinajstić information content (AvgIpc) is 3.33. The van der Waals surface area contributed by atoms with Gasteiger partial charge in [-0.05, 0) is 31.2 Å². The number of nitrogens with zero attached hydrogens (tertiary/aromatic N) is 1. The van der Waals surface area contributed by atoms with Crippen LogP contribution in [0.2, 0.25) is 0 Å². The minimum absolute atomic E-state index is 0.0891. The maximum Gasteiger partial charge on any atom is 0.0564 e. The molecule has 3 nitrogen and oxygen atoms in total. The summed E-state index contributed by atoms with van der Waals surface area (Å²) in [7, 11) is 0. The van der Waals surface area contributed by atoms with Gasteiger partial charge in [0.25, 0.3) is 0 Å². The Kier molecular flexibility index (Phi) is 4.63. The van der Waals surface area contributed by atoms with Crippen molar-refractivity contribution >= 4 is 0 Å². The van der Waals surface area contributed by atoms with Gasteiger partial charge in [0.2, 0.25) is 0 Å². The molecule has 0 radical (unpaired) electrons. The molecule has 0 aromatic heterocycles. The zero-order chi connectivity index (χ0) is 14.7. The Morgan fingerprint density at radius 1 is 1.14 bits per heavy atom. The van der Waals surface area contributed by atoms with E-state index in [9.17, 15) is 5.11 Å². The van der Waals surface area contributed by atoms with Gasteiger partial charge in [0.15, 0.2) is 0 Å². The minimum Gasteiger partial charge on any atom is -0.393 e. The van der Waals surface area contributed by atoms with Gasteiger partial charge in [-0.2, -0.15) is 0 Å². The fourth-order valence-corrected chi connectivity index (χ4v) is 3.32. The molecular weight excluding hydrogens is 260 g/mol. The Labute approximate surface area is 128 Å². The second-order valence-corrected chi connectivity index (χ2v) is 7.09. The molecule has 1 atom stereocenters. The van der Waals surface area contributed by atoms with Gasteiger partial charge in [0.1, 0.15) is 0 Å². The molecule has 1 unspecified atom stereocenters. The van der Waals surface area contributed by atoms with E-state index in [0.29, 0.717) is 0 Å². The van der Waals surface area contributed by atoms with Gasteiger partial charge in [-0.15, -0.1) is 0 Å². The lowest BCUT2D eigenvalue weighted by Gasteiger charge is -2.39. The molecule has 21 heavy (non-hydrogen) atoms. The lowest BCUT2D eigenvalue weighted by Crippen LogP contribution is -2.48. The van der Waals surface area contributed by atoms with Crippen LogP contribution in [0.1, 0.15) is 38.2 Å². The SMILES string of the molecule is CC(CNC1CC1)(CN1CCC(O)CC1)c1ccccc1. The zero-order valence-electron chi connectivity index (χ0n) is 13.1. The van der Waals surface area contributed by atoms with E-state index < -0.39 is 0 Å². The van der Waals surface area contributed by atoms with E-state index in [-0.39, 0.29) is 11.5 Å². The molecular formula is C18H28N2O. The molecule has 1 aromatic carbocycles. The highest BCUT2D eigenvalue weighted by molar-refractivity contribution is 5.26. The van der Waals surface area contributed by atoms with Crippen LogP contribution in [0.25, 0.3) is 0 Å². The Morgan fingerprint density at radius 2 is 1.81 bits per heavy atom. The van der Waals surface area contributed by atoms with Crippen LogP contribution < -0.4 is 5.32 Å². The molecule has 2 N–H and O–H groups in total. The first-order valence-corrected chi connectivity index (χ1v) is 8.35. The van der Waals surface area contributed by atoms with E-state index >= 15 is 0 Å². The Hall–Kier alpha value is -0.900. The fraction of sp³-hybridized carbons (Fsp3) is 0.667. The first-order chi connectivity index (χ1) is 10.2. The number of nitrogens with one attached hydrogen (secondary N) is 1. The highest BCUT2D eigenvalue weighted by atomic mass is 16.3. The number of aliphatic hydroxyl groups excluding tert-OH is 1. The predicted octanol–water partition coefficient (Wildman–Crippen LogP) is 2.15. The van der Waals surface area contributed by atoms with E-state index in [0.717, 1.165) is 45.1 Å². The van der Waals surface area contributed by atoms with Crippen molar-refractivity contribution in [2.24, 2.45) is 0 Å². The average molecular weight is 288 g/mol. The van der Waals surface area contributed by atoms with E-state index in [4.69, 9.17) is 0 Å². The van der Waals surface area contributed by atoms with Crippen LogP contribution in [0.5, 0.6) is 0 Å². The molecule has 3 rings (SSSR count). The Morgan fingerprint density at radius 3 is 2.43 bits per heavy atom. The predicted molar refractivity (Wildman–Crippen MR) is 86.5 cm³/mol. The number of hydrogen-bond donors (Lipinski definition) is 2. The first-order valence-electron chi connectivity index (χ1n) is 8.35. The molecule has 1 saturated carbocycles. The number of rotatable bonds is 6. The third-order valence-electron chi connectivity index (χ3n) is 4.96. The van der Waals surface area contributed by atoms with Gasteiger partial charge in [-0.25, -0.2) is 0 Å². The summed E-state index contributed by atoms with van der Waals surface area (Å²) in [5, 5.41) is 13.4. The molecule has 1 aromatic rings. The maximum atomic E-state index is 9.69. The number of hydrogen-bond acceptors (Lipinski definition) is 3. The van der Waals surface area contributed by atoms with Crippen LogP contribution in [-0.4, -0.2) is 48.3 Å². The second-order valence-electron chi connectivity index (χ2n) is 7.09. The largest absolute Gasteiger partial charge is 0.393 e. The number of aliphatic hydroxyl groups is 1. The van der Waals surface area contributed by atoms with Crippen molar-refractivity contribution in [2.45, 2.75) is 50.2 Å². The normalized spacial score (nSPS) is 23.9. The van der Waals surface area contributed by atoms with Crippen molar-refractivity contribution < 1.29 is 5.11 Å². The summed E-state index contributed by atoms with van der Waals surface area (Å²) >= 11 is 0. The van der Waals surface area contributed by atoms with Gasteiger partial charge in [0.05, 0.1) is 6.10 Å². The molecule has 0 spiro atoms. The van der Waals surface area contributed by atoms with Crippen molar-refractivity contribution in [3.8, 4) is 0 Å². The Balaban J connectivity index is 1.68.